The van der Waals surface area contributed by atoms with Crippen LogP contribution in [-0.4, -0.2) is 29.0 Å². The van der Waals surface area contributed by atoms with E-state index in [0.717, 1.165) is 25.7 Å². The van der Waals surface area contributed by atoms with E-state index < -0.39 is 7.82 Å². The van der Waals surface area contributed by atoms with Crippen LogP contribution in [0.5, 0.6) is 0 Å². The van der Waals surface area contributed by atoms with Gasteiger partial charge in [0.15, 0.2) is 0 Å². The number of aliphatic imine (C=N–C) groups is 1. The molecule has 0 rings (SSSR count). The molecule has 0 aliphatic rings. The van der Waals surface area contributed by atoms with Gasteiger partial charge in [0.25, 0.3) is 0 Å². The molecule has 0 aromatic carbocycles. The summed E-state index contributed by atoms with van der Waals surface area (Å²) in [5.74, 6) is 0. The van der Waals surface area contributed by atoms with Crippen LogP contribution in [-0.2, 0) is 13.9 Å². The van der Waals surface area contributed by atoms with Gasteiger partial charge in [0, 0.05) is 0 Å². The highest BCUT2D eigenvalue weighted by Gasteiger charge is 2.12. The molecule has 0 aromatic rings. The van der Waals surface area contributed by atoms with Crippen molar-refractivity contribution in [2.24, 2.45) is 4.99 Å². The third-order valence-corrected chi connectivity index (χ3v) is 10.0. The normalized spacial score (nSPS) is 11.7. The lowest BCUT2D eigenvalue weighted by Gasteiger charge is -2.05. The second-order valence-electron chi connectivity index (χ2n) is 14.0. The molecule has 0 atom stereocenters. The minimum absolute atomic E-state index is 0.166. The fourth-order valence-electron chi connectivity index (χ4n) is 6.53. The second-order valence-corrected chi connectivity index (χ2v) is 15.3. The van der Waals surface area contributed by atoms with Gasteiger partial charge in [-0.05, 0) is 12.8 Å². The highest BCUT2D eigenvalue weighted by Crippen LogP contribution is 2.35. The van der Waals surface area contributed by atoms with E-state index >= 15 is 0 Å². The van der Waals surface area contributed by atoms with Crippen molar-refractivity contribution in [3.05, 3.63) is 0 Å². The Hall–Kier alpha value is -0.510. The summed E-state index contributed by atoms with van der Waals surface area (Å²) in [5, 5.41) is 0. The summed E-state index contributed by atoms with van der Waals surface area (Å²) in [5.41, 5.74) is 0. The molecule has 7 heteroatoms. The Kier molecular flexibility index (Phi) is 38.5. The first-order valence-electron chi connectivity index (χ1n) is 20.3. The van der Waals surface area contributed by atoms with Crippen LogP contribution in [0.4, 0.5) is 0 Å². The summed E-state index contributed by atoms with van der Waals surface area (Å²) in [6, 6.07) is 0. The number of carbonyl (C=O) groups excluding carboxylic acids is 1. The van der Waals surface area contributed by atoms with Gasteiger partial charge in [-0.15, -0.1) is 0 Å². The predicted molar refractivity (Wildman–Crippen MR) is 197 cm³/mol. The van der Waals surface area contributed by atoms with Crippen LogP contribution in [0.25, 0.3) is 0 Å². The molecule has 0 radical (unpaired) electrons. The zero-order valence-electron chi connectivity index (χ0n) is 30.4. The van der Waals surface area contributed by atoms with E-state index in [1.807, 2.05) is 0 Å². The van der Waals surface area contributed by atoms with Crippen LogP contribution in [0.1, 0.15) is 231 Å². The zero-order chi connectivity index (χ0) is 33.5. The predicted octanol–water partition coefficient (Wildman–Crippen LogP) is 13.5. The van der Waals surface area contributed by atoms with Crippen LogP contribution in [0, 0.1) is 0 Å². The Morgan fingerprint density at radius 3 is 0.761 bits per heavy atom. The number of isocyanates is 1. The Morgan fingerprint density at radius 1 is 0.370 bits per heavy atom. The molecule has 274 valence electrons. The molecule has 0 aromatic heterocycles. The first-order valence-corrected chi connectivity index (χ1v) is 21.8. The highest BCUT2D eigenvalue weighted by atomic mass is 31.2. The lowest BCUT2D eigenvalue weighted by molar-refractivity contribution is 0.193. The first-order chi connectivity index (χ1) is 22.6. The molecule has 0 spiro atoms. The van der Waals surface area contributed by atoms with Gasteiger partial charge in [-0.2, -0.15) is 0 Å². The second kappa shape index (κ2) is 38.9. The monoisotopic (exact) mass is 672 g/mol. The molecule has 46 heavy (non-hydrogen) atoms. The number of unbranched alkanes of at least 4 members (excludes halogenated alkanes) is 35. The topological polar surface area (TPSA) is 96.2 Å². The molecule has 0 fully saturated rings. The molecule has 0 aliphatic carbocycles. The van der Waals surface area contributed by atoms with E-state index in [2.05, 4.69) is 9.52 Å². The van der Waals surface area contributed by atoms with Gasteiger partial charge in [-0.1, -0.05) is 218 Å². The summed E-state index contributed by atoms with van der Waals surface area (Å²) in [6.45, 7) is 0.827. The Bertz CT molecular complexity index is 679. The van der Waals surface area contributed by atoms with Crippen LogP contribution in [0.3, 0.4) is 0 Å². The summed E-state index contributed by atoms with van der Waals surface area (Å²) in [4.78, 5) is 30.9. The summed E-state index contributed by atoms with van der Waals surface area (Å²) in [7, 11) is -4.28. The van der Waals surface area contributed by atoms with Crippen LogP contribution < -0.4 is 0 Å². The van der Waals surface area contributed by atoms with Gasteiger partial charge in [-0.25, -0.2) is 14.4 Å². The van der Waals surface area contributed by atoms with Crippen molar-refractivity contribution in [2.45, 2.75) is 231 Å². The van der Waals surface area contributed by atoms with E-state index in [0.29, 0.717) is 6.54 Å². The molecule has 0 saturated carbocycles. The van der Waals surface area contributed by atoms with Crippen molar-refractivity contribution in [3.63, 3.8) is 0 Å². The molecule has 0 unspecified atom stereocenters. The number of rotatable bonds is 40. The van der Waals surface area contributed by atoms with Gasteiger partial charge >= 0.3 is 7.82 Å². The molecule has 0 heterocycles. The van der Waals surface area contributed by atoms with Crippen molar-refractivity contribution in [3.8, 4) is 0 Å². The Morgan fingerprint density at radius 2 is 0.565 bits per heavy atom. The van der Waals surface area contributed by atoms with Crippen molar-refractivity contribution in [1.82, 2.24) is 0 Å². The molecule has 0 saturated heterocycles. The lowest BCUT2D eigenvalue weighted by atomic mass is 10.0. The average molecular weight is 672 g/mol. The van der Waals surface area contributed by atoms with Crippen LogP contribution in [0.15, 0.2) is 4.99 Å². The van der Waals surface area contributed by atoms with E-state index in [-0.39, 0.29) is 6.61 Å². The first kappa shape index (κ1) is 45.5. The van der Waals surface area contributed by atoms with Crippen molar-refractivity contribution < 1.29 is 23.7 Å². The standard InChI is InChI=1S/C39H78NO5P/c41-39-40-37-35-33-31-29-27-25-23-21-19-17-15-13-11-9-7-5-3-1-2-4-6-8-10-12-14-16-18-20-22-24-26-28-30-32-34-36-38-45-46(42,43)44/h1-38H2,(H2,42,43,44). The Labute approximate surface area is 286 Å². The van der Waals surface area contributed by atoms with Crippen molar-refractivity contribution in [1.29, 1.82) is 0 Å². The maximum Gasteiger partial charge on any atom is 0.469 e. The van der Waals surface area contributed by atoms with Crippen molar-refractivity contribution in [2.75, 3.05) is 13.2 Å². The quantitative estimate of drug-likeness (QED) is 0.0292. The molecule has 6 nitrogen and oxygen atoms in total. The third-order valence-electron chi connectivity index (χ3n) is 9.49. The number of hydrogen-bond donors (Lipinski definition) is 2. The minimum Gasteiger partial charge on any atom is -0.303 e. The molecule has 0 aliphatic heterocycles. The molecular weight excluding hydrogens is 593 g/mol. The lowest BCUT2D eigenvalue weighted by Crippen LogP contribution is -1.92. The third kappa shape index (κ3) is 43.5. The summed E-state index contributed by atoms with van der Waals surface area (Å²) in [6.07, 6.45) is 50.3. The smallest absolute Gasteiger partial charge is 0.303 e. The minimum atomic E-state index is -4.28. The average Bonchev–Trinajstić information content (AvgIpc) is 3.03. The summed E-state index contributed by atoms with van der Waals surface area (Å²) >= 11 is 0. The van der Waals surface area contributed by atoms with Gasteiger partial charge in [0.1, 0.15) is 0 Å². The Balaban J connectivity index is 3.06. The fraction of sp³-hybridized carbons (Fsp3) is 0.974. The summed E-state index contributed by atoms with van der Waals surface area (Å²) < 4.78 is 15.1. The molecule has 2 N–H and O–H groups in total. The van der Waals surface area contributed by atoms with Crippen LogP contribution >= 0.6 is 7.82 Å². The van der Waals surface area contributed by atoms with Crippen LogP contribution in [0.2, 0.25) is 0 Å². The SMILES string of the molecule is O=C=NCCCCCCCCCCCCCCCCCCCCCCCCCCCCCCCCCCCCCCOP(=O)(O)O. The zero-order valence-corrected chi connectivity index (χ0v) is 31.3. The molecule has 0 amide bonds. The van der Waals surface area contributed by atoms with E-state index in [1.165, 1.54) is 205 Å². The van der Waals surface area contributed by atoms with E-state index in [9.17, 15) is 9.36 Å². The maximum atomic E-state index is 10.6. The number of phosphoric ester groups is 1. The number of nitrogens with zero attached hydrogens (tertiary/aromatic N) is 1. The van der Waals surface area contributed by atoms with E-state index in [4.69, 9.17) is 9.79 Å². The van der Waals surface area contributed by atoms with Gasteiger partial charge in [-0.3, -0.25) is 4.52 Å². The van der Waals surface area contributed by atoms with Crippen molar-refractivity contribution >= 4 is 13.9 Å². The largest absolute Gasteiger partial charge is 0.469 e. The molecule has 0 bridgehead atoms. The van der Waals surface area contributed by atoms with Gasteiger partial charge < -0.3 is 9.79 Å². The highest BCUT2D eigenvalue weighted by molar-refractivity contribution is 7.46. The number of hydrogen-bond acceptors (Lipinski definition) is 4. The molecular formula is C39H78NO5P. The van der Waals surface area contributed by atoms with Gasteiger partial charge in [0.05, 0.1) is 13.2 Å². The fourth-order valence-corrected chi connectivity index (χ4v) is 6.90. The number of phosphoric acid groups is 1. The maximum absolute atomic E-state index is 10.6. The van der Waals surface area contributed by atoms with Gasteiger partial charge in [0.2, 0.25) is 6.08 Å². The van der Waals surface area contributed by atoms with E-state index in [1.54, 1.807) is 6.08 Å².